The van der Waals surface area contributed by atoms with Crippen LogP contribution in [0.2, 0.25) is 0 Å². The fraction of sp³-hybridized carbons (Fsp3) is 0.475. The van der Waals surface area contributed by atoms with Gasteiger partial charge in [-0.3, -0.25) is 14.7 Å². The molecule has 3 heterocycles. The smallest absolute Gasteiger partial charge is 0.404 e. The van der Waals surface area contributed by atoms with Crippen molar-refractivity contribution in [3.63, 3.8) is 0 Å². The van der Waals surface area contributed by atoms with Gasteiger partial charge in [-0.2, -0.15) is 0 Å². The summed E-state index contributed by atoms with van der Waals surface area (Å²) in [5, 5.41) is 9.44. The number of benzene rings is 2. The van der Waals surface area contributed by atoms with E-state index in [9.17, 15) is 14.4 Å². The predicted molar refractivity (Wildman–Crippen MR) is 213 cm³/mol. The van der Waals surface area contributed by atoms with Crippen LogP contribution in [-0.2, 0) is 33.7 Å². The van der Waals surface area contributed by atoms with Crippen molar-refractivity contribution >= 4 is 40.7 Å². The van der Waals surface area contributed by atoms with E-state index in [1.165, 1.54) is 0 Å². The molecule has 4 atom stereocenters. The third-order valence-electron chi connectivity index (χ3n) is 9.60. The van der Waals surface area contributed by atoms with Gasteiger partial charge in [0.05, 0.1) is 36.0 Å². The molecule has 2 aromatic heterocycles. The molecule has 5 rings (SSSR count). The maximum Gasteiger partial charge on any atom is 0.404 e. The fourth-order valence-corrected chi connectivity index (χ4v) is 8.14. The van der Waals surface area contributed by atoms with Gasteiger partial charge in [-0.05, 0) is 36.8 Å². The van der Waals surface area contributed by atoms with Gasteiger partial charge < -0.3 is 30.7 Å². The number of carbonyl (C=O) groups excluding carboxylic acids is 3. The number of morpholine rings is 1. The van der Waals surface area contributed by atoms with Gasteiger partial charge in [-0.25, -0.2) is 14.6 Å². The lowest BCUT2D eigenvalue weighted by molar-refractivity contribution is -0.124. The molecule has 4 unspecified atom stereocenters. The number of amides is 4. The van der Waals surface area contributed by atoms with E-state index in [1.807, 2.05) is 65.6 Å². The van der Waals surface area contributed by atoms with Crippen LogP contribution >= 0.6 is 22.7 Å². The van der Waals surface area contributed by atoms with Crippen molar-refractivity contribution in [1.82, 2.24) is 30.4 Å². The number of thiazole rings is 2. The molecule has 54 heavy (non-hydrogen) atoms. The van der Waals surface area contributed by atoms with Crippen LogP contribution in [0.25, 0.3) is 0 Å². The fourth-order valence-electron chi connectivity index (χ4n) is 6.66. The van der Waals surface area contributed by atoms with Crippen LogP contribution in [0.1, 0.15) is 71.7 Å². The van der Waals surface area contributed by atoms with Gasteiger partial charge in [0.15, 0.2) is 0 Å². The zero-order valence-corrected chi connectivity index (χ0v) is 33.0. The van der Waals surface area contributed by atoms with Crippen LogP contribution in [0.3, 0.4) is 0 Å². The first-order valence-corrected chi connectivity index (χ1v) is 20.4. The number of rotatable bonds is 19. The Bertz CT molecular complexity index is 1720. The first kappa shape index (κ1) is 40.8. The summed E-state index contributed by atoms with van der Waals surface area (Å²) in [6.07, 6.45) is 3.00. The zero-order chi connectivity index (χ0) is 38.3. The predicted octanol–water partition coefficient (Wildman–Crippen LogP) is 5.95. The Morgan fingerprint density at radius 1 is 0.963 bits per heavy atom. The lowest BCUT2D eigenvalue weighted by Crippen LogP contribution is -2.54. The lowest BCUT2D eigenvalue weighted by Gasteiger charge is -2.33. The van der Waals surface area contributed by atoms with Crippen molar-refractivity contribution in [1.29, 1.82) is 0 Å². The van der Waals surface area contributed by atoms with Crippen molar-refractivity contribution in [2.24, 2.45) is 5.73 Å². The van der Waals surface area contributed by atoms with E-state index in [0.717, 1.165) is 39.8 Å². The summed E-state index contributed by atoms with van der Waals surface area (Å²) in [5.41, 5.74) is 10.2. The van der Waals surface area contributed by atoms with Crippen molar-refractivity contribution in [3.8, 4) is 0 Å². The molecule has 0 radical (unpaired) electrons. The van der Waals surface area contributed by atoms with Crippen LogP contribution in [0.15, 0.2) is 77.8 Å². The molecule has 1 fully saturated rings. The van der Waals surface area contributed by atoms with Gasteiger partial charge in [-0.15, -0.1) is 22.7 Å². The Labute approximate surface area is 326 Å². The second kappa shape index (κ2) is 20.9. The monoisotopic (exact) mass is 775 g/mol. The topological polar surface area (TPSA) is 152 Å². The number of hydrogen-bond acceptors (Lipinski definition) is 10. The number of primary amides is 1. The van der Waals surface area contributed by atoms with Crippen molar-refractivity contribution < 1.29 is 23.9 Å². The molecular formula is C40H53N7O5S2. The number of ether oxygens (including phenoxy) is 2. The molecule has 1 aliphatic rings. The van der Waals surface area contributed by atoms with Gasteiger partial charge in [0.25, 0.3) is 0 Å². The Balaban J connectivity index is 1.39. The minimum absolute atomic E-state index is 0.139. The normalized spacial score (nSPS) is 15.6. The Morgan fingerprint density at radius 2 is 1.69 bits per heavy atom. The van der Waals surface area contributed by atoms with E-state index in [-0.39, 0.29) is 23.9 Å². The quantitative estimate of drug-likeness (QED) is 0.106. The van der Waals surface area contributed by atoms with Gasteiger partial charge in [-0.1, -0.05) is 74.5 Å². The van der Waals surface area contributed by atoms with Gasteiger partial charge in [0.2, 0.25) is 5.91 Å². The summed E-state index contributed by atoms with van der Waals surface area (Å²) < 4.78 is 11.2. The van der Waals surface area contributed by atoms with E-state index in [0.29, 0.717) is 64.3 Å². The van der Waals surface area contributed by atoms with Crippen molar-refractivity contribution in [3.05, 3.63) is 104 Å². The van der Waals surface area contributed by atoms with Gasteiger partial charge >= 0.3 is 12.1 Å². The highest BCUT2D eigenvalue weighted by molar-refractivity contribution is 7.09. The van der Waals surface area contributed by atoms with Crippen LogP contribution in [0.5, 0.6) is 0 Å². The molecule has 1 saturated heterocycles. The average Bonchev–Trinajstić information content (AvgIpc) is 3.88. The maximum absolute atomic E-state index is 14.6. The van der Waals surface area contributed by atoms with Crippen LogP contribution in [0, 0.1) is 0 Å². The first-order chi connectivity index (χ1) is 26.1. The molecule has 4 amide bonds. The number of nitrogens with two attached hydrogens (primary N) is 1. The Hall–Kier alpha value is -4.37. The van der Waals surface area contributed by atoms with Crippen LogP contribution in [-0.4, -0.2) is 95.9 Å². The molecule has 0 aliphatic carbocycles. The molecule has 12 nitrogen and oxygen atoms in total. The highest BCUT2D eigenvalue weighted by atomic mass is 32.1. The van der Waals surface area contributed by atoms with Crippen molar-refractivity contribution in [2.45, 2.75) is 82.5 Å². The third-order valence-corrected chi connectivity index (χ3v) is 11.6. The molecule has 0 saturated carbocycles. The summed E-state index contributed by atoms with van der Waals surface area (Å²) in [4.78, 5) is 54.2. The minimum Gasteiger partial charge on any atom is -0.446 e. The van der Waals surface area contributed by atoms with Crippen LogP contribution < -0.4 is 16.4 Å². The minimum atomic E-state index is -0.839. The van der Waals surface area contributed by atoms with E-state index in [1.54, 1.807) is 34.6 Å². The zero-order valence-electron chi connectivity index (χ0n) is 31.4. The molecule has 0 bridgehead atoms. The van der Waals surface area contributed by atoms with E-state index >= 15 is 0 Å². The number of nitrogens with zero attached hydrogens (tertiary/aromatic N) is 4. The average molecular weight is 776 g/mol. The SMILES string of the molecule is CC(C)c1nc(CN(C)C(=O)NC(CCN2CCOCC2)C(=O)NC(CCC(Cc2ccccc2)OC(N)=O)C(Cc2cncs2)c2ccccc2)cs1. The molecule has 290 valence electrons. The number of aromatic nitrogens is 2. The molecular weight excluding hydrogens is 723 g/mol. The highest BCUT2D eigenvalue weighted by Crippen LogP contribution is 2.30. The highest BCUT2D eigenvalue weighted by Gasteiger charge is 2.31. The second-order valence-electron chi connectivity index (χ2n) is 14.1. The Kier molecular flexibility index (Phi) is 15.8. The summed E-state index contributed by atoms with van der Waals surface area (Å²) in [7, 11) is 1.72. The number of urea groups is 1. The first-order valence-electron chi connectivity index (χ1n) is 18.6. The number of hydrogen-bond donors (Lipinski definition) is 3. The van der Waals surface area contributed by atoms with E-state index in [2.05, 4.69) is 46.5 Å². The van der Waals surface area contributed by atoms with Crippen molar-refractivity contribution in [2.75, 3.05) is 39.9 Å². The number of carbonyl (C=O) groups is 3. The standard InChI is InChI=1S/C40H53N7O5S2/c1-28(2)38-43-31(26-53-38)25-46(3)40(50)45-36(16-17-47-18-20-51-21-19-47)37(48)44-35(15-14-32(52-39(41)49)22-29-10-6-4-7-11-29)34(23-33-24-42-27-54-33)30-12-8-5-9-13-30/h4-13,24,26-28,32,34-36H,14-23,25H2,1-3H3,(H2,41,49)(H,44,48)(H,45,50). The molecule has 0 spiro atoms. The largest absolute Gasteiger partial charge is 0.446 e. The molecule has 14 heteroatoms. The summed E-state index contributed by atoms with van der Waals surface area (Å²) in [6, 6.07) is 18.4. The van der Waals surface area contributed by atoms with E-state index < -0.39 is 18.2 Å². The van der Waals surface area contributed by atoms with E-state index in [4.69, 9.17) is 20.2 Å². The third kappa shape index (κ3) is 12.9. The molecule has 2 aromatic carbocycles. The number of nitrogens with one attached hydrogen (secondary N) is 2. The second-order valence-corrected chi connectivity index (χ2v) is 15.9. The Morgan fingerprint density at radius 3 is 2.33 bits per heavy atom. The summed E-state index contributed by atoms with van der Waals surface area (Å²) >= 11 is 3.16. The van der Waals surface area contributed by atoms with Gasteiger partial charge in [0, 0.05) is 67.4 Å². The lowest BCUT2D eigenvalue weighted by atomic mass is 9.84. The summed E-state index contributed by atoms with van der Waals surface area (Å²) in [5.74, 6) is -0.109. The summed E-state index contributed by atoms with van der Waals surface area (Å²) in [6.45, 7) is 7.93. The van der Waals surface area contributed by atoms with Crippen LogP contribution in [0.4, 0.5) is 9.59 Å². The molecule has 4 N–H and O–H groups in total. The van der Waals surface area contributed by atoms with Gasteiger partial charge in [0.1, 0.15) is 12.1 Å². The maximum atomic E-state index is 14.6. The molecule has 1 aliphatic heterocycles. The molecule has 4 aromatic rings.